The summed E-state index contributed by atoms with van der Waals surface area (Å²) in [4.78, 5) is 26.2. The predicted molar refractivity (Wildman–Crippen MR) is 110 cm³/mol. The maximum atomic E-state index is 13.5. The summed E-state index contributed by atoms with van der Waals surface area (Å²) in [6.07, 6.45) is 1.84. The van der Waals surface area contributed by atoms with Gasteiger partial charge in [-0.3, -0.25) is 9.59 Å². The number of fused-ring (bicyclic) bond motifs is 1. The van der Waals surface area contributed by atoms with E-state index in [9.17, 15) is 14.0 Å². The molecule has 0 aliphatic carbocycles. The molecule has 5 nitrogen and oxygen atoms in total. The van der Waals surface area contributed by atoms with E-state index in [1.54, 1.807) is 32.3 Å². The van der Waals surface area contributed by atoms with E-state index in [1.807, 2.05) is 32.1 Å². The molecule has 2 heterocycles. The number of nitrogens with zero attached hydrogens (tertiary/aromatic N) is 1. The summed E-state index contributed by atoms with van der Waals surface area (Å²) < 4.78 is 19.6. The normalized spacial score (nSPS) is 19.3. The van der Waals surface area contributed by atoms with Gasteiger partial charge in [0.2, 0.25) is 0 Å². The second-order valence-corrected chi connectivity index (χ2v) is 7.83. The molecule has 6 heteroatoms. The fourth-order valence-corrected chi connectivity index (χ4v) is 3.66. The zero-order valence-electron chi connectivity index (χ0n) is 16.7. The van der Waals surface area contributed by atoms with Crippen molar-refractivity contribution in [2.75, 3.05) is 19.4 Å². The van der Waals surface area contributed by atoms with E-state index in [0.717, 1.165) is 11.1 Å². The number of nitrogens with one attached hydrogen (secondary N) is 1. The summed E-state index contributed by atoms with van der Waals surface area (Å²) >= 11 is 0. The molecule has 2 aliphatic heterocycles. The van der Waals surface area contributed by atoms with Crippen molar-refractivity contribution in [1.29, 1.82) is 0 Å². The average Bonchev–Trinajstić information content (AvgIpc) is 3.15. The van der Waals surface area contributed by atoms with Gasteiger partial charge in [-0.05, 0) is 55.8 Å². The zero-order chi connectivity index (χ0) is 20.9. The molecule has 0 saturated heterocycles. The Balaban J connectivity index is 1.76. The molecule has 0 unspecified atom stereocenters. The van der Waals surface area contributed by atoms with Crippen molar-refractivity contribution >= 4 is 28.6 Å². The van der Waals surface area contributed by atoms with Gasteiger partial charge in [-0.2, -0.15) is 0 Å². The molecule has 2 aromatic carbocycles. The van der Waals surface area contributed by atoms with Gasteiger partial charge in [-0.1, -0.05) is 12.1 Å². The van der Waals surface area contributed by atoms with Gasteiger partial charge < -0.3 is 15.0 Å². The van der Waals surface area contributed by atoms with Crippen molar-refractivity contribution in [3.63, 3.8) is 0 Å². The van der Waals surface area contributed by atoms with Crippen LogP contribution in [0.25, 0.3) is 11.1 Å². The molecule has 0 fully saturated rings. The summed E-state index contributed by atoms with van der Waals surface area (Å²) in [7, 11) is 3.42. The number of carbonyl (C=O) groups excluding carboxylic acids is 2. The van der Waals surface area contributed by atoms with E-state index in [-0.39, 0.29) is 11.8 Å². The summed E-state index contributed by atoms with van der Waals surface area (Å²) in [5, 5.41) is 2.69. The molecule has 148 valence electrons. The van der Waals surface area contributed by atoms with Gasteiger partial charge in [-0.15, -0.1) is 0 Å². The molecule has 4 rings (SSSR count). The van der Waals surface area contributed by atoms with E-state index >= 15 is 0 Å². The summed E-state index contributed by atoms with van der Waals surface area (Å²) in [6, 6.07) is 11.5. The second-order valence-electron chi connectivity index (χ2n) is 7.83. The molecule has 0 atom stereocenters. The number of benzene rings is 2. The Hall–Kier alpha value is -3.41. The minimum Gasteiger partial charge on any atom is -0.482 e. The van der Waals surface area contributed by atoms with Crippen molar-refractivity contribution in [2.24, 2.45) is 0 Å². The fraction of sp³-hybridized carbons (Fsp3) is 0.217. The summed E-state index contributed by atoms with van der Waals surface area (Å²) in [5.41, 5.74) is 3.17. The number of allylic oxidation sites excluding steroid dienone is 1. The van der Waals surface area contributed by atoms with E-state index in [0.29, 0.717) is 28.1 Å². The van der Waals surface area contributed by atoms with Crippen LogP contribution in [0.4, 0.5) is 10.1 Å². The molecule has 2 aromatic rings. The number of amides is 2. The van der Waals surface area contributed by atoms with Crippen LogP contribution < -0.4 is 5.32 Å². The first-order valence-corrected chi connectivity index (χ1v) is 9.26. The highest BCUT2D eigenvalue weighted by Crippen LogP contribution is 2.44. The second kappa shape index (κ2) is 6.58. The van der Waals surface area contributed by atoms with Crippen LogP contribution in [0.1, 0.15) is 35.3 Å². The lowest BCUT2D eigenvalue weighted by atomic mass is 9.91. The van der Waals surface area contributed by atoms with Crippen molar-refractivity contribution in [2.45, 2.75) is 19.4 Å². The van der Waals surface area contributed by atoms with Crippen LogP contribution in [0.2, 0.25) is 0 Å². The largest absolute Gasteiger partial charge is 0.482 e. The molecule has 0 aromatic heterocycles. The highest BCUT2D eigenvalue weighted by atomic mass is 19.1. The summed E-state index contributed by atoms with van der Waals surface area (Å²) in [5.74, 6) is -0.351. The number of ether oxygens (including phenoxy) is 1. The Morgan fingerprint density at radius 1 is 1.10 bits per heavy atom. The van der Waals surface area contributed by atoms with Crippen molar-refractivity contribution in [3.05, 3.63) is 76.8 Å². The highest BCUT2D eigenvalue weighted by Gasteiger charge is 2.38. The average molecular weight is 392 g/mol. The Morgan fingerprint density at radius 3 is 2.45 bits per heavy atom. The first-order chi connectivity index (χ1) is 13.7. The number of halogens is 1. The predicted octanol–water partition coefficient (Wildman–Crippen LogP) is 4.08. The molecular formula is C23H21FN2O3. The minimum absolute atomic E-state index is 0.0678. The maximum Gasteiger partial charge on any atom is 0.260 e. The third kappa shape index (κ3) is 3.20. The lowest BCUT2D eigenvalue weighted by Crippen LogP contribution is -2.22. The molecule has 29 heavy (non-hydrogen) atoms. The van der Waals surface area contributed by atoms with Gasteiger partial charge in [0.15, 0.2) is 0 Å². The van der Waals surface area contributed by atoms with Crippen LogP contribution in [0, 0.1) is 5.82 Å². The van der Waals surface area contributed by atoms with Gasteiger partial charge in [0.05, 0.1) is 11.3 Å². The maximum absolute atomic E-state index is 13.5. The molecule has 0 radical (unpaired) electrons. The Labute approximate surface area is 168 Å². The van der Waals surface area contributed by atoms with Crippen LogP contribution in [0.3, 0.4) is 0 Å². The van der Waals surface area contributed by atoms with E-state index in [1.165, 1.54) is 17.0 Å². The Bertz CT molecular complexity index is 1100. The fourth-order valence-electron chi connectivity index (χ4n) is 3.66. The van der Waals surface area contributed by atoms with Crippen LogP contribution in [-0.4, -0.2) is 36.4 Å². The van der Waals surface area contributed by atoms with Gasteiger partial charge in [-0.25, -0.2) is 4.39 Å². The van der Waals surface area contributed by atoms with E-state index in [2.05, 4.69) is 5.32 Å². The van der Waals surface area contributed by atoms with Crippen LogP contribution in [-0.2, 0) is 9.53 Å². The van der Waals surface area contributed by atoms with Gasteiger partial charge in [0.25, 0.3) is 11.8 Å². The molecule has 2 amide bonds. The third-order valence-electron chi connectivity index (χ3n) is 5.11. The van der Waals surface area contributed by atoms with Crippen LogP contribution >= 0.6 is 0 Å². The highest BCUT2D eigenvalue weighted by molar-refractivity contribution is 6.32. The van der Waals surface area contributed by atoms with Crippen molar-refractivity contribution < 1.29 is 18.7 Å². The molecule has 0 bridgehead atoms. The van der Waals surface area contributed by atoms with Crippen molar-refractivity contribution in [3.8, 4) is 0 Å². The zero-order valence-corrected chi connectivity index (χ0v) is 16.7. The lowest BCUT2D eigenvalue weighted by molar-refractivity contribution is -0.111. The smallest absolute Gasteiger partial charge is 0.260 e. The molecular weight excluding hydrogens is 371 g/mol. The monoisotopic (exact) mass is 392 g/mol. The third-order valence-corrected chi connectivity index (χ3v) is 5.11. The quantitative estimate of drug-likeness (QED) is 0.784. The molecule has 1 N–H and O–H groups in total. The van der Waals surface area contributed by atoms with Gasteiger partial charge in [0.1, 0.15) is 17.2 Å². The van der Waals surface area contributed by atoms with E-state index < -0.39 is 11.4 Å². The van der Waals surface area contributed by atoms with Gasteiger partial charge >= 0.3 is 0 Å². The van der Waals surface area contributed by atoms with Gasteiger partial charge in [0, 0.05) is 30.8 Å². The number of carbonyl (C=O) groups is 2. The minimum atomic E-state index is -0.668. The molecule has 0 saturated carbocycles. The SMILES string of the molecule is CN(C)C(=O)c1ccc(C2=C/C(=C3\C(=O)Nc4cc(F)ccc43)OC2(C)C)cc1. The first kappa shape index (κ1) is 18.9. The number of rotatable bonds is 2. The van der Waals surface area contributed by atoms with E-state index in [4.69, 9.17) is 4.74 Å². The molecule has 0 spiro atoms. The van der Waals surface area contributed by atoms with Crippen molar-refractivity contribution in [1.82, 2.24) is 4.90 Å². The van der Waals surface area contributed by atoms with Crippen LogP contribution in [0.5, 0.6) is 0 Å². The van der Waals surface area contributed by atoms with Crippen LogP contribution in [0.15, 0.2) is 54.3 Å². The number of anilines is 1. The summed E-state index contributed by atoms with van der Waals surface area (Å²) in [6.45, 7) is 3.84. The molecule has 2 aliphatic rings. The standard InChI is InChI=1S/C23H21FN2O3/c1-23(2)17(13-5-7-14(8-6-13)22(28)26(3)4)12-19(29-23)20-16-10-9-15(24)11-18(16)25-21(20)27/h5-12H,1-4H3,(H,25,27)/b20-19+. The number of hydrogen-bond donors (Lipinski definition) is 1. The topological polar surface area (TPSA) is 58.6 Å². The lowest BCUT2D eigenvalue weighted by Gasteiger charge is -2.23. The Morgan fingerprint density at radius 2 is 1.79 bits per heavy atom. The number of hydrogen-bond acceptors (Lipinski definition) is 3. The first-order valence-electron chi connectivity index (χ1n) is 9.26. The Kier molecular flexibility index (Phi) is 4.30.